The lowest BCUT2D eigenvalue weighted by Crippen LogP contribution is -2.37. The maximum Gasteiger partial charge on any atom is 0.332 e. The molecule has 0 atom stereocenters. The summed E-state index contributed by atoms with van der Waals surface area (Å²) in [6, 6.07) is 0. The molecule has 21 heavy (non-hydrogen) atoms. The van der Waals surface area contributed by atoms with Crippen LogP contribution in [0.1, 0.15) is 12.0 Å². The van der Waals surface area contributed by atoms with Crippen molar-refractivity contribution in [3.8, 4) is 0 Å². The Kier molecular flexibility index (Phi) is 4.13. The Morgan fingerprint density at radius 2 is 2.00 bits per heavy atom. The molecule has 0 saturated carbocycles. The molecule has 0 unspecified atom stereocenters. The van der Waals surface area contributed by atoms with Gasteiger partial charge in [0.15, 0.2) is 5.65 Å². The maximum absolute atomic E-state index is 12.3. The number of rotatable bonds is 3. The van der Waals surface area contributed by atoms with Crippen LogP contribution in [0.2, 0.25) is 0 Å². The molecule has 8 heteroatoms. The van der Waals surface area contributed by atoms with Crippen LogP contribution >= 0.6 is 11.6 Å². The van der Waals surface area contributed by atoms with Gasteiger partial charge in [-0.3, -0.25) is 18.7 Å². The zero-order chi connectivity index (χ0) is 15.7. The first-order valence-corrected chi connectivity index (χ1v) is 6.83. The average Bonchev–Trinajstić information content (AvgIpc) is 2.45. The van der Waals surface area contributed by atoms with Crippen molar-refractivity contribution in [2.45, 2.75) is 13.3 Å². The first-order chi connectivity index (χ1) is 9.88. The van der Waals surface area contributed by atoms with Crippen LogP contribution in [-0.4, -0.2) is 25.9 Å². The number of carbonyl (C=O) groups is 1. The van der Waals surface area contributed by atoms with Crippen LogP contribution in [0.5, 0.6) is 0 Å². The topological polar surface area (TPSA) is 86.0 Å². The summed E-state index contributed by atoms with van der Waals surface area (Å²) in [6.45, 7) is 1.73. The third kappa shape index (κ3) is 2.56. The molecule has 7 nitrogen and oxygen atoms in total. The number of fused-ring (bicyclic) bond motifs is 1. The number of hydrogen-bond donors (Lipinski definition) is 1. The van der Waals surface area contributed by atoms with Gasteiger partial charge in [0.05, 0.1) is 5.69 Å². The van der Waals surface area contributed by atoms with E-state index in [2.05, 4.69) is 10.3 Å². The van der Waals surface area contributed by atoms with Gasteiger partial charge in [-0.15, -0.1) is 11.6 Å². The first kappa shape index (κ1) is 15.2. The Morgan fingerprint density at radius 3 is 2.62 bits per heavy atom. The fraction of sp³-hybridized carbons (Fsp3) is 0.385. The molecular weight excluding hydrogens is 296 g/mol. The second-order valence-electron chi connectivity index (χ2n) is 4.71. The van der Waals surface area contributed by atoms with Crippen LogP contribution in [0.4, 0.5) is 5.69 Å². The molecule has 0 radical (unpaired) electrons. The van der Waals surface area contributed by atoms with Crippen molar-refractivity contribution >= 4 is 34.2 Å². The van der Waals surface area contributed by atoms with E-state index in [4.69, 9.17) is 11.6 Å². The van der Waals surface area contributed by atoms with Gasteiger partial charge in [-0.2, -0.15) is 0 Å². The molecule has 2 aromatic heterocycles. The number of halogens is 1. The molecule has 2 aromatic rings. The van der Waals surface area contributed by atoms with Crippen molar-refractivity contribution in [2.75, 3.05) is 11.2 Å². The third-order valence-electron chi connectivity index (χ3n) is 3.24. The van der Waals surface area contributed by atoms with Gasteiger partial charge in [0, 0.05) is 32.6 Å². The van der Waals surface area contributed by atoms with E-state index >= 15 is 0 Å². The van der Waals surface area contributed by atoms with Crippen molar-refractivity contribution < 1.29 is 4.79 Å². The molecule has 0 spiro atoms. The number of amides is 1. The molecule has 0 fully saturated rings. The molecule has 0 aliphatic heterocycles. The molecular formula is C13H15ClN4O3. The van der Waals surface area contributed by atoms with E-state index in [1.54, 1.807) is 6.92 Å². The highest BCUT2D eigenvalue weighted by Gasteiger charge is 2.17. The molecule has 0 bridgehead atoms. The van der Waals surface area contributed by atoms with E-state index < -0.39 is 11.2 Å². The summed E-state index contributed by atoms with van der Waals surface area (Å²) in [6.07, 6.45) is 1.65. The zero-order valence-electron chi connectivity index (χ0n) is 11.9. The quantitative estimate of drug-likeness (QED) is 0.837. The van der Waals surface area contributed by atoms with Crippen molar-refractivity contribution in [1.82, 2.24) is 14.1 Å². The van der Waals surface area contributed by atoms with Crippen molar-refractivity contribution in [1.29, 1.82) is 0 Å². The summed E-state index contributed by atoms with van der Waals surface area (Å²) in [4.78, 5) is 40.1. The van der Waals surface area contributed by atoms with Crippen LogP contribution in [0.3, 0.4) is 0 Å². The number of alkyl halides is 1. The van der Waals surface area contributed by atoms with Crippen LogP contribution in [0.25, 0.3) is 11.0 Å². The van der Waals surface area contributed by atoms with E-state index in [9.17, 15) is 14.4 Å². The molecule has 0 saturated heterocycles. The van der Waals surface area contributed by atoms with Gasteiger partial charge in [0.1, 0.15) is 5.39 Å². The summed E-state index contributed by atoms with van der Waals surface area (Å²) >= 11 is 5.54. The van der Waals surface area contributed by atoms with E-state index in [0.29, 0.717) is 11.3 Å². The minimum atomic E-state index is -0.495. The van der Waals surface area contributed by atoms with Crippen molar-refractivity contribution in [2.24, 2.45) is 14.1 Å². The smallest absolute Gasteiger partial charge is 0.325 e. The van der Waals surface area contributed by atoms with E-state index in [0.717, 1.165) is 4.57 Å². The lowest BCUT2D eigenvalue weighted by atomic mass is 10.2. The highest BCUT2D eigenvalue weighted by atomic mass is 35.5. The normalized spacial score (nSPS) is 10.9. The highest BCUT2D eigenvalue weighted by Crippen LogP contribution is 2.21. The highest BCUT2D eigenvalue weighted by molar-refractivity contribution is 6.19. The first-order valence-electron chi connectivity index (χ1n) is 6.29. The Balaban J connectivity index is 2.82. The van der Waals surface area contributed by atoms with Gasteiger partial charge in [0.25, 0.3) is 5.56 Å². The van der Waals surface area contributed by atoms with E-state index in [1.807, 2.05) is 0 Å². The number of pyridine rings is 1. The van der Waals surface area contributed by atoms with Crippen molar-refractivity contribution in [3.05, 3.63) is 32.6 Å². The number of anilines is 1. The number of hydrogen-bond acceptors (Lipinski definition) is 4. The van der Waals surface area contributed by atoms with Crippen LogP contribution in [0, 0.1) is 6.92 Å². The van der Waals surface area contributed by atoms with Crippen molar-refractivity contribution in [3.63, 3.8) is 0 Å². The molecule has 2 rings (SSSR count). The van der Waals surface area contributed by atoms with Crippen LogP contribution < -0.4 is 16.6 Å². The van der Waals surface area contributed by atoms with Gasteiger partial charge in [-0.1, -0.05) is 0 Å². The molecule has 0 aromatic carbocycles. The molecule has 1 N–H and O–H groups in total. The van der Waals surface area contributed by atoms with Gasteiger partial charge >= 0.3 is 5.69 Å². The number of nitrogens with zero attached hydrogens (tertiary/aromatic N) is 3. The summed E-state index contributed by atoms with van der Waals surface area (Å²) in [5, 5.41) is 2.89. The number of carbonyl (C=O) groups excluding carboxylic acids is 1. The lowest BCUT2D eigenvalue weighted by Gasteiger charge is -2.13. The number of aryl methyl sites for hydroxylation is 2. The second-order valence-corrected chi connectivity index (χ2v) is 5.09. The Hall–Kier alpha value is -2.15. The fourth-order valence-electron chi connectivity index (χ4n) is 2.07. The predicted octanol–water partition coefficient (Wildman–Crippen LogP) is 0.508. The van der Waals surface area contributed by atoms with E-state index in [1.165, 1.54) is 24.9 Å². The molecule has 1 amide bonds. The average molecular weight is 311 g/mol. The molecule has 0 aliphatic rings. The standard InChI is InChI=1S/C13H15ClN4O3/c1-7-6-15-11-9(10(7)16-8(19)4-5-14)12(20)18(3)13(21)17(11)2/h6H,4-5H2,1-3H3,(H,15,16,19). The molecule has 112 valence electrons. The van der Waals surface area contributed by atoms with Gasteiger partial charge in [-0.25, -0.2) is 9.78 Å². The monoisotopic (exact) mass is 310 g/mol. The summed E-state index contributed by atoms with van der Waals surface area (Å²) in [5.41, 5.74) is 0.273. The Bertz CT molecular complexity index is 838. The van der Waals surface area contributed by atoms with Gasteiger partial charge in [-0.05, 0) is 12.5 Å². The lowest BCUT2D eigenvalue weighted by molar-refractivity contribution is -0.115. The van der Waals surface area contributed by atoms with Gasteiger partial charge < -0.3 is 5.32 Å². The predicted molar refractivity (Wildman–Crippen MR) is 80.9 cm³/mol. The summed E-state index contributed by atoms with van der Waals surface area (Å²) in [5.74, 6) is -0.110. The number of nitrogens with one attached hydrogen (secondary N) is 1. The Morgan fingerprint density at radius 1 is 1.33 bits per heavy atom. The maximum atomic E-state index is 12.3. The minimum Gasteiger partial charge on any atom is -0.325 e. The Labute approximate surface area is 125 Å². The largest absolute Gasteiger partial charge is 0.332 e. The molecule has 2 heterocycles. The van der Waals surface area contributed by atoms with E-state index in [-0.39, 0.29) is 29.2 Å². The van der Waals surface area contributed by atoms with Gasteiger partial charge in [0.2, 0.25) is 5.91 Å². The fourth-order valence-corrected chi connectivity index (χ4v) is 2.24. The van der Waals surface area contributed by atoms with Crippen LogP contribution in [0.15, 0.2) is 15.8 Å². The SMILES string of the molecule is Cc1cnc2c(c1NC(=O)CCCl)c(=O)n(C)c(=O)n2C. The van der Waals surface area contributed by atoms with Crippen LogP contribution in [-0.2, 0) is 18.9 Å². The summed E-state index contributed by atoms with van der Waals surface area (Å²) in [7, 11) is 2.91. The summed E-state index contributed by atoms with van der Waals surface area (Å²) < 4.78 is 2.26. The third-order valence-corrected chi connectivity index (χ3v) is 3.43. The zero-order valence-corrected chi connectivity index (χ0v) is 12.7. The molecule has 0 aliphatic carbocycles. The number of aromatic nitrogens is 3. The minimum absolute atomic E-state index is 0.136. The second kappa shape index (κ2) is 5.69.